The van der Waals surface area contributed by atoms with E-state index in [1.54, 1.807) is 17.3 Å². The minimum absolute atomic E-state index is 0.126. The van der Waals surface area contributed by atoms with Crippen molar-refractivity contribution in [2.45, 2.75) is 6.61 Å². The third-order valence-corrected chi connectivity index (χ3v) is 5.70. The number of hydrogen-bond donors (Lipinski definition) is 0. The average molecular weight is 453 g/mol. The molecular weight excluding hydrogens is 428 g/mol. The molecule has 1 aliphatic rings. The molecular formula is C26H24N6O2. The first-order valence-electron chi connectivity index (χ1n) is 11.2. The highest BCUT2D eigenvalue weighted by molar-refractivity contribution is 5.92. The summed E-state index contributed by atoms with van der Waals surface area (Å²) in [6.45, 7) is 2.90. The van der Waals surface area contributed by atoms with Crippen LogP contribution in [-0.2, 0) is 6.61 Å². The van der Waals surface area contributed by atoms with E-state index in [1.807, 2.05) is 66.7 Å². The van der Waals surface area contributed by atoms with Crippen LogP contribution in [0, 0.1) is 0 Å². The van der Waals surface area contributed by atoms with Gasteiger partial charge < -0.3 is 14.5 Å². The lowest BCUT2D eigenvalue weighted by molar-refractivity contribution is 0.0739. The molecule has 0 unspecified atom stereocenters. The Hall–Kier alpha value is -4.33. The zero-order valence-corrected chi connectivity index (χ0v) is 18.6. The first-order valence-corrected chi connectivity index (χ1v) is 11.2. The number of rotatable bonds is 6. The number of amides is 1. The molecule has 0 atom stereocenters. The van der Waals surface area contributed by atoms with Gasteiger partial charge in [-0.15, -0.1) is 0 Å². The normalized spacial score (nSPS) is 13.5. The monoisotopic (exact) mass is 452 g/mol. The third-order valence-electron chi connectivity index (χ3n) is 5.70. The Kier molecular flexibility index (Phi) is 6.38. The van der Waals surface area contributed by atoms with Gasteiger partial charge in [0.1, 0.15) is 30.8 Å². The van der Waals surface area contributed by atoms with E-state index in [0.29, 0.717) is 44.4 Å². The summed E-state index contributed by atoms with van der Waals surface area (Å²) in [5.74, 6) is 1.12. The highest BCUT2D eigenvalue weighted by atomic mass is 16.5. The molecule has 0 N–H and O–H groups in total. The molecule has 1 aliphatic heterocycles. The van der Waals surface area contributed by atoms with E-state index in [2.05, 4.69) is 24.8 Å². The largest absolute Gasteiger partial charge is 0.473 e. The van der Waals surface area contributed by atoms with Crippen LogP contribution in [0.2, 0.25) is 0 Å². The molecule has 2 aromatic carbocycles. The lowest BCUT2D eigenvalue weighted by Gasteiger charge is -2.35. The van der Waals surface area contributed by atoms with Gasteiger partial charge in [0.25, 0.3) is 5.91 Å². The van der Waals surface area contributed by atoms with E-state index in [9.17, 15) is 4.79 Å². The first-order chi connectivity index (χ1) is 16.8. The van der Waals surface area contributed by atoms with Crippen molar-refractivity contribution in [3.8, 4) is 17.1 Å². The lowest BCUT2D eigenvalue weighted by atomic mass is 10.1. The standard InChI is InChI=1S/C26H24N6O2/c33-26(23-16-25(30-19-28-23)34-17-20-7-3-1-4-8-20)32-13-11-31(12-14-32)24-15-22(27-18-29-24)21-9-5-2-6-10-21/h1-10,15-16,18-19H,11-14,17H2. The summed E-state index contributed by atoms with van der Waals surface area (Å²) in [4.78, 5) is 34.2. The topological polar surface area (TPSA) is 84.3 Å². The Labute approximate surface area is 197 Å². The van der Waals surface area contributed by atoms with Crippen LogP contribution in [0.5, 0.6) is 5.88 Å². The zero-order chi connectivity index (χ0) is 23.2. The van der Waals surface area contributed by atoms with E-state index >= 15 is 0 Å². The number of nitrogens with zero attached hydrogens (tertiary/aromatic N) is 6. The van der Waals surface area contributed by atoms with E-state index in [4.69, 9.17) is 4.74 Å². The number of carbonyl (C=O) groups excluding carboxylic acids is 1. The number of ether oxygens (including phenoxy) is 1. The van der Waals surface area contributed by atoms with Gasteiger partial charge in [-0.1, -0.05) is 60.7 Å². The van der Waals surface area contributed by atoms with Crippen LogP contribution in [0.4, 0.5) is 5.82 Å². The summed E-state index contributed by atoms with van der Waals surface area (Å²) in [5.41, 5.74) is 3.30. The van der Waals surface area contributed by atoms with Crippen molar-refractivity contribution in [1.82, 2.24) is 24.8 Å². The molecule has 0 radical (unpaired) electrons. The third kappa shape index (κ3) is 5.01. The maximum Gasteiger partial charge on any atom is 0.272 e. The fourth-order valence-corrected chi connectivity index (χ4v) is 3.85. The van der Waals surface area contributed by atoms with Crippen LogP contribution in [0.25, 0.3) is 11.3 Å². The first kappa shape index (κ1) is 21.5. The van der Waals surface area contributed by atoms with Crippen molar-refractivity contribution in [1.29, 1.82) is 0 Å². The van der Waals surface area contributed by atoms with Crippen LogP contribution >= 0.6 is 0 Å². The molecule has 0 bridgehead atoms. The van der Waals surface area contributed by atoms with E-state index in [1.165, 1.54) is 6.33 Å². The number of piperazine rings is 1. The second-order valence-corrected chi connectivity index (χ2v) is 7.92. The average Bonchev–Trinajstić information content (AvgIpc) is 2.93. The number of aromatic nitrogens is 4. The molecule has 1 amide bonds. The van der Waals surface area contributed by atoms with Gasteiger partial charge in [-0.2, -0.15) is 0 Å². The molecule has 1 fully saturated rings. The summed E-state index contributed by atoms with van der Waals surface area (Å²) in [6.07, 6.45) is 2.96. The predicted octanol–water partition coefficient (Wildman–Crippen LogP) is 3.48. The van der Waals surface area contributed by atoms with Crippen molar-refractivity contribution in [3.05, 3.63) is 96.7 Å². The fraction of sp³-hybridized carbons (Fsp3) is 0.192. The molecule has 0 aliphatic carbocycles. The van der Waals surface area contributed by atoms with Crippen LogP contribution in [0.1, 0.15) is 16.1 Å². The minimum atomic E-state index is -0.126. The molecule has 34 heavy (non-hydrogen) atoms. The fourth-order valence-electron chi connectivity index (χ4n) is 3.85. The molecule has 4 aromatic rings. The van der Waals surface area contributed by atoms with Crippen LogP contribution in [0.15, 0.2) is 85.5 Å². The second kappa shape index (κ2) is 10.1. The van der Waals surface area contributed by atoms with E-state index in [-0.39, 0.29) is 5.91 Å². The van der Waals surface area contributed by atoms with Crippen molar-refractivity contribution >= 4 is 11.7 Å². The van der Waals surface area contributed by atoms with Gasteiger partial charge in [0, 0.05) is 43.9 Å². The summed E-state index contributed by atoms with van der Waals surface area (Å²) in [6, 6.07) is 23.5. The molecule has 2 aromatic heterocycles. The van der Waals surface area contributed by atoms with Crippen LogP contribution in [0.3, 0.4) is 0 Å². The van der Waals surface area contributed by atoms with Gasteiger partial charge in [-0.05, 0) is 5.56 Å². The zero-order valence-electron chi connectivity index (χ0n) is 18.6. The van der Waals surface area contributed by atoms with Gasteiger partial charge >= 0.3 is 0 Å². The van der Waals surface area contributed by atoms with Crippen LogP contribution in [-0.4, -0.2) is 56.9 Å². The number of hydrogen-bond acceptors (Lipinski definition) is 7. The SMILES string of the molecule is O=C(c1cc(OCc2ccccc2)ncn1)N1CCN(c2cc(-c3ccccc3)ncn2)CC1. The molecule has 8 nitrogen and oxygen atoms in total. The summed E-state index contributed by atoms with van der Waals surface area (Å²) < 4.78 is 5.75. The van der Waals surface area contributed by atoms with Gasteiger partial charge in [0.05, 0.1) is 5.69 Å². The second-order valence-electron chi connectivity index (χ2n) is 7.92. The molecule has 5 rings (SSSR count). The Morgan fingerprint density at radius 1 is 0.794 bits per heavy atom. The molecule has 0 spiro atoms. The van der Waals surface area contributed by atoms with E-state index < -0.39 is 0 Å². The smallest absolute Gasteiger partial charge is 0.272 e. The van der Waals surface area contributed by atoms with Gasteiger partial charge in [0.2, 0.25) is 5.88 Å². The quantitative estimate of drug-likeness (QED) is 0.443. The number of carbonyl (C=O) groups is 1. The highest BCUT2D eigenvalue weighted by Gasteiger charge is 2.24. The van der Waals surface area contributed by atoms with Gasteiger partial charge in [0.15, 0.2) is 0 Å². The predicted molar refractivity (Wildman–Crippen MR) is 128 cm³/mol. The Morgan fingerprint density at radius 3 is 2.26 bits per heavy atom. The minimum Gasteiger partial charge on any atom is -0.473 e. The Balaban J connectivity index is 1.20. The maximum atomic E-state index is 13.0. The summed E-state index contributed by atoms with van der Waals surface area (Å²) in [7, 11) is 0. The lowest BCUT2D eigenvalue weighted by Crippen LogP contribution is -2.49. The number of anilines is 1. The van der Waals surface area contributed by atoms with Crippen molar-refractivity contribution in [2.24, 2.45) is 0 Å². The summed E-state index contributed by atoms with van der Waals surface area (Å²) in [5, 5.41) is 0. The Morgan fingerprint density at radius 2 is 1.50 bits per heavy atom. The van der Waals surface area contributed by atoms with E-state index in [0.717, 1.165) is 22.6 Å². The molecule has 1 saturated heterocycles. The highest BCUT2D eigenvalue weighted by Crippen LogP contribution is 2.22. The summed E-state index contributed by atoms with van der Waals surface area (Å²) >= 11 is 0. The maximum absolute atomic E-state index is 13.0. The number of benzene rings is 2. The Bertz CT molecular complexity index is 1240. The molecule has 3 heterocycles. The van der Waals surface area contributed by atoms with Gasteiger partial charge in [-0.3, -0.25) is 4.79 Å². The molecule has 170 valence electrons. The van der Waals surface area contributed by atoms with Crippen molar-refractivity contribution < 1.29 is 9.53 Å². The van der Waals surface area contributed by atoms with Crippen LogP contribution < -0.4 is 9.64 Å². The van der Waals surface area contributed by atoms with Crippen molar-refractivity contribution in [2.75, 3.05) is 31.1 Å². The molecule has 0 saturated carbocycles. The molecule has 8 heteroatoms. The van der Waals surface area contributed by atoms with Crippen molar-refractivity contribution in [3.63, 3.8) is 0 Å². The van der Waals surface area contributed by atoms with Gasteiger partial charge in [-0.25, -0.2) is 19.9 Å².